The summed E-state index contributed by atoms with van der Waals surface area (Å²) in [6, 6.07) is 52.1. The number of aromatic hydroxyl groups is 1. The molecule has 12 aromatic rings. The van der Waals surface area contributed by atoms with Gasteiger partial charge in [0.2, 0.25) is 23.6 Å². The lowest BCUT2D eigenvalue weighted by Gasteiger charge is -2.14. The fourth-order valence-corrected chi connectivity index (χ4v) is 15.9. The molecule has 616 valence electrons. The average Bonchev–Trinajstić information content (AvgIpc) is 1.47. The number of nitrogens with one attached hydrogen (secondary N) is 4. The third-order valence-corrected chi connectivity index (χ3v) is 22.7. The van der Waals surface area contributed by atoms with Gasteiger partial charge in [0.1, 0.15) is 34.8 Å². The molecule has 0 saturated heterocycles. The van der Waals surface area contributed by atoms with E-state index in [1.54, 1.807) is 122 Å². The van der Waals surface area contributed by atoms with E-state index in [9.17, 15) is 46.2 Å². The van der Waals surface area contributed by atoms with Crippen LogP contribution in [0.1, 0.15) is 148 Å². The van der Waals surface area contributed by atoms with Gasteiger partial charge in [-0.05, 0) is 217 Å². The molecule has 8 aromatic carbocycles. The minimum Gasteiger partial charge on any atom is -0.508 e. The quantitative estimate of drug-likeness (QED) is 0.0354. The van der Waals surface area contributed by atoms with Crippen LogP contribution >= 0.6 is 27.5 Å². The Morgan fingerprint density at radius 2 is 0.525 bits per heavy atom. The van der Waals surface area contributed by atoms with E-state index in [0.717, 1.165) is 123 Å². The highest BCUT2D eigenvalue weighted by molar-refractivity contribution is 9.10. The molecule has 0 aliphatic heterocycles. The van der Waals surface area contributed by atoms with E-state index in [4.69, 9.17) is 31.5 Å². The summed E-state index contributed by atoms with van der Waals surface area (Å²) in [4.78, 5) is 87.4. The molecule has 4 saturated carbocycles. The van der Waals surface area contributed by atoms with E-state index in [1.807, 2.05) is 36.4 Å². The van der Waals surface area contributed by atoms with Gasteiger partial charge in [-0.15, -0.1) is 0 Å². The van der Waals surface area contributed by atoms with Crippen LogP contribution in [0, 0.1) is 52.8 Å². The first-order valence-electron chi connectivity index (χ1n) is 40.9. The summed E-state index contributed by atoms with van der Waals surface area (Å²) in [6.07, 6.45) is 29.5. The van der Waals surface area contributed by atoms with Gasteiger partial charge in [0, 0.05) is 31.7 Å². The van der Waals surface area contributed by atoms with Crippen LogP contribution in [0.15, 0.2) is 223 Å². The highest BCUT2D eigenvalue weighted by Crippen LogP contribution is 2.36. The molecule has 4 amide bonds. The second kappa shape index (κ2) is 42.7. The molecule has 4 fully saturated rings. The number of carbonyl (C=O) groups is 4. The molecule has 4 aromatic heterocycles. The van der Waals surface area contributed by atoms with Crippen molar-refractivity contribution < 1.29 is 46.2 Å². The molecular formula is C96H93BrClF5N12O5. The lowest BCUT2D eigenvalue weighted by atomic mass is 10.0. The number of nitrogens with zero attached hydrogens (tertiary/aromatic N) is 8. The molecule has 5 N–H and O–H groups in total. The van der Waals surface area contributed by atoms with E-state index < -0.39 is 0 Å². The number of hydrogen-bond donors (Lipinski definition) is 5. The Hall–Kier alpha value is -11.8. The molecule has 0 unspecified atom stereocenters. The molecule has 16 rings (SSSR count). The van der Waals surface area contributed by atoms with Gasteiger partial charge in [-0.1, -0.05) is 179 Å². The number of amides is 4. The third-order valence-electron chi connectivity index (χ3n) is 21.9. The highest BCUT2D eigenvalue weighted by atomic mass is 79.9. The minimum atomic E-state index is -0.333. The zero-order valence-electron chi connectivity index (χ0n) is 66.4. The molecular weight excluding hydrogens is 1610 g/mol. The number of aromatic nitrogens is 8. The fourth-order valence-electron chi connectivity index (χ4n) is 15.6. The van der Waals surface area contributed by atoms with Gasteiger partial charge in [-0.25, -0.2) is 61.8 Å². The first kappa shape index (κ1) is 86.0. The van der Waals surface area contributed by atoms with Crippen LogP contribution in [0.3, 0.4) is 0 Å². The second-order valence-corrected chi connectivity index (χ2v) is 32.4. The smallest absolute Gasteiger partial charge is 0.229 e. The molecule has 0 spiro atoms. The molecule has 17 nitrogen and oxygen atoms in total. The molecule has 0 radical (unpaired) electrons. The summed E-state index contributed by atoms with van der Waals surface area (Å²) < 4.78 is 67.1. The molecule has 0 atom stereocenters. The van der Waals surface area contributed by atoms with Crippen molar-refractivity contribution in [2.45, 2.75) is 154 Å². The number of anilines is 4. The number of hydrogen-bond acceptors (Lipinski definition) is 13. The van der Waals surface area contributed by atoms with Gasteiger partial charge in [0.05, 0.1) is 96.0 Å². The highest BCUT2D eigenvalue weighted by Gasteiger charge is 2.26. The summed E-state index contributed by atoms with van der Waals surface area (Å²) >= 11 is 9.32. The molecule has 4 aliphatic rings. The molecule has 4 aliphatic carbocycles. The van der Waals surface area contributed by atoms with E-state index in [-0.39, 0.29) is 84.1 Å². The Morgan fingerprint density at radius 3 is 0.767 bits per heavy atom. The third kappa shape index (κ3) is 26.1. The Balaban J connectivity index is 0.000000138. The van der Waals surface area contributed by atoms with Crippen LogP contribution < -0.4 is 21.3 Å². The predicted octanol–water partition coefficient (Wildman–Crippen LogP) is 22.0. The Labute approximate surface area is 708 Å². The minimum absolute atomic E-state index is 0.117. The van der Waals surface area contributed by atoms with Crippen LogP contribution in [0.25, 0.3) is 45.0 Å². The van der Waals surface area contributed by atoms with Crippen LogP contribution in [0.4, 0.5) is 45.2 Å². The largest absolute Gasteiger partial charge is 0.508 e. The summed E-state index contributed by atoms with van der Waals surface area (Å²) in [5.41, 5.74) is 12.3. The van der Waals surface area contributed by atoms with E-state index >= 15 is 0 Å². The van der Waals surface area contributed by atoms with E-state index in [1.165, 1.54) is 138 Å². The zero-order valence-corrected chi connectivity index (χ0v) is 68.7. The van der Waals surface area contributed by atoms with Crippen LogP contribution in [-0.4, -0.2) is 68.6 Å². The first-order chi connectivity index (χ1) is 58.3. The van der Waals surface area contributed by atoms with Crippen LogP contribution in [-0.2, 0) is 70.5 Å². The van der Waals surface area contributed by atoms with E-state index in [2.05, 4.69) is 57.1 Å². The lowest BCUT2D eigenvalue weighted by molar-refractivity contribution is -0.116. The van der Waals surface area contributed by atoms with Gasteiger partial charge < -0.3 is 26.4 Å². The maximum absolute atomic E-state index is 13.3. The number of halogens is 7. The summed E-state index contributed by atoms with van der Waals surface area (Å²) in [5, 5.41) is 21.7. The number of phenolic OH excluding ortho intramolecular Hbond substituents is 1. The van der Waals surface area contributed by atoms with Crippen molar-refractivity contribution in [1.82, 2.24) is 39.9 Å². The van der Waals surface area contributed by atoms with Gasteiger partial charge in [-0.2, -0.15) is 0 Å². The lowest BCUT2D eigenvalue weighted by Crippen LogP contribution is -2.18. The van der Waals surface area contributed by atoms with E-state index in [0.29, 0.717) is 74.7 Å². The van der Waals surface area contributed by atoms with Gasteiger partial charge in [0.15, 0.2) is 23.3 Å². The van der Waals surface area contributed by atoms with Gasteiger partial charge >= 0.3 is 0 Å². The van der Waals surface area contributed by atoms with Crippen molar-refractivity contribution in [1.29, 1.82) is 0 Å². The van der Waals surface area contributed by atoms with Crippen LogP contribution in [0.2, 0.25) is 5.02 Å². The average molecular weight is 1710 g/mol. The standard InChI is InChI=1S/C24H23BrFN3O.C24H23ClFN3O.C24H23F2N3O.C24H24FN3O2/c3*25-19-9-5-17(6-10-19)14-23(30)29-24-21(13-16-3-1-2-4-16)28-22(15-27-24)18-7-11-20(26)12-8-18;25-19-9-7-18(8-10-19)22-15-26-24(21(27-22)13-16-3-1-2-4-16)28-23(30)14-17-5-11-20(29)12-6-17/h3*5-12,15-16H,1-4,13-14H2,(H,27,29,30);5-12,15-16,29H,1-4,13-14H2,(H,26,28,30). The number of carbonyl (C=O) groups excluding carboxylic acids is 4. The molecule has 4 heterocycles. The Bertz CT molecular complexity index is 4740. The topological polar surface area (TPSA) is 240 Å². The number of benzene rings is 8. The van der Waals surface area contributed by atoms with Gasteiger partial charge in [-0.3, -0.25) is 19.2 Å². The maximum Gasteiger partial charge on any atom is 0.229 e. The summed E-state index contributed by atoms with van der Waals surface area (Å²) in [5.74, 6) is 2.14. The van der Waals surface area contributed by atoms with Crippen molar-refractivity contribution in [3.8, 4) is 50.8 Å². The first-order valence-corrected chi connectivity index (χ1v) is 42.1. The second-order valence-electron chi connectivity index (χ2n) is 31.1. The Kier molecular flexibility index (Phi) is 30.6. The van der Waals surface area contributed by atoms with Crippen molar-refractivity contribution >= 4 is 74.4 Å². The zero-order chi connectivity index (χ0) is 83.7. The number of rotatable bonds is 24. The number of phenols is 1. The SMILES string of the molecule is O=C(Cc1ccc(Br)cc1)Nc1ncc(-c2ccc(F)cc2)nc1CC1CCCC1.O=C(Cc1ccc(Cl)cc1)Nc1ncc(-c2ccc(F)cc2)nc1CC1CCCC1.O=C(Cc1ccc(F)cc1)Nc1ncc(-c2ccc(F)cc2)nc1CC1CCCC1.O=C(Cc1ccc(O)cc1)Nc1ncc(-c2ccc(F)cc2)nc1CC1CCCC1. The van der Waals surface area contributed by atoms with Crippen molar-refractivity contribution in [2.75, 3.05) is 21.3 Å². The van der Waals surface area contributed by atoms with Crippen molar-refractivity contribution in [3.63, 3.8) is 0 Å². The summed E-state index contributed by atoms with van der Waals surface area (Å²) in [7, 11) is 0. The van der Waals surface area contributed by atoms with Crippen molar-refractivity contribution in [3.05, 3.63) is 303 Å². The van der Waals surface area contributed by atoms with Crippen molar-refractivity contribution in [2.24, 2.45) is 23.7 Å². The normalized spacial score (nSPS) is 14.1. The maximum atomic E-state index is 13.3. The summed E-state index contributed by atoms with van der Waals surface area (Å²) in [6.45, 7) is 0. The molecule has 24 heteroatoms. The monoisotopic (exact) mass is 1700 g/mol. The van der Waals surface area contributed by atoms with Crippen LogP contribution in [0.5, 0.6) is 5.75 Å². The fraction of sp³-hybridized carbons (Fsp3) is 0.292. The van der Waals surface area contributed by atoms with Gasteiger partial charge in [0.25, 0.3) is 0 Å². The molecule has 0 bridgehead atoms. The predicted molar refractivity (Wildman–Crippen MR) is 462 cm³/mol. The molecule has 120 heavy (non-hydrogen) atoms. The Morgan fingerprint density at radius 1 is 0.317 bits per heavy atom.